The van der Waals surface area contributed by atoms with Gasteiger partial charge in [-0.15, -0.1) is 0 Å². The first-order valence-corrected chi connectivity index (χ1v) is 7.83. The van der Waals surface area contributed by atoms with Gasteiger partial charge in [-0.25, -0.2) is 4.98 Å². The molecule has 0 atom stereocenters. The maximum atomic E-state index is 12.6. The van der Waals surface area contributed by atoms with Gasteiger partial charge in [-0.2, -0.15) is 5.26 Å². The SMILES string of the molecule is N#Cc1cccc(CNC(=O)c2cccnc2N2CCOCC2)c1. The molecule has 0 unspecified atom stereocenters. The van der Waals surface area contributed by atoms with Gasteiger partial charge in [0.1, 0.15) is 5.82 Å². The Morgan fingerprint density at radius 2 is 2.12 bits per heavy atom. The van der Waals surface area contributed by atoms with Crippen LogP contribution in [0.5, 0.6) is 0 Å². The molecule has 1 aliphatic rings. The van der Waals surface area contributed by atoms with Crippen LogP contribution in [0.2, 0.25) is 0 Å². The fourth-order valence-electron chi connectivity index (χ4n) is 2.63. The molecule has 2 heterocycles. The molecule has 2 aromatic rings. The monoisotopic (exact) mass is 322 g/mol. The third-order valence-electron chi connectivity index (χ3n) is 3.85. The molecule has 1 saturated heterocycles. The second kappa shape index (κ2) is 7.57. The van der Waals surface area contributed by atoms with Gasteiger partial charge in [-0.1, -0.05) is 12.1 Å². The summed E-state index contributed by atoms with van der Waals surface area (Å²) < 4.78 is 5.35. The van der Waals surface area contributed by atoms with E-state index in [1.807, 2.05) is 12.1 Å². The number of nitrogens with zero attached hydrogens (tertiary/aromatic N) is 3. The molecule has 6 nitrogen and oxygen atoms in total. The number of hydrogen-bond acceptors (Lipinski definition) is 5. The van der Waals surface area contributed by atoms with Gasteiger partial charge in [0.25, 0.3) is 5.91 Å². The van der Waals surface area contributed by atoms with Crippen molar-refractivity contribution in [1.29, 1.82) is 5.26 Å². The minimum Gasteiger partial charge on any atom is -0.378 e. The molecule has 0 aliphatic carbocycles. The van der Waals surface area contributed by atoms with Crippen molar-refractivity contribution in [1.82, 2.24) is 10.3 Å². The Labute approximate surface area is 140 Å². The summed E-state index contributed by atoms with van der Waals surface area (Å²) in [5.41, 5.74) is 2.02. The summed E-state index contributed by atoms with van der Waals surface area (Å²) in [4.78, 5) is 19.0. The van der Waals surface area contributed by atoms with Crippen molar-refractivity contribution in [2.24, 2.45) is 0 Å². The van der Waals surface area contributed by atoms with E-state index in [4.69, 9.17) is 10.00 Å². The van der Waals surface area contributed by atoms with E-state index in [1.165, 1.54) is 0 Å². The van der Waals surface area contributed by atoms with Gasteiger partial charge in [0.2, 0.25) is 0 Å². The lowest BCUT2D eigenvalue weighted by Gasteiger charge is -2.29. The second-order valence-electron chi connectivity index (χ2n) is 5.47. The zero-order valence-corrected chi connectivity index (χ0v) is 13.2. The van der Waals surface area contributed by atoms with Crippen LogP contribution >= 0.6 is 0 Å². The van der Waals surface area contributed by atoms with Gasteiger partial charge in [-0.3, -0.25) is 4.79 Å². The predicted octanol–water partition coefficient (Wildman–Crippen LogP) is 1.72. The number of rotatable bonds is 4. The molecule has 1 amide bonds. The van der Waals surface area contributed by atoms with Gasteiger partial charge in [0.15, 0.2) is 0 Å². The highest BCUT2D eigenvalue weighted by molar-refractivity contribution is 5.98. The van der Waals surface area contributed by atoms with Crippen LogP contribution in [-0.4, -0.2) is 37.2 Å². The maximum Gasteiger partial charge on any atom is 0.255 e. The fourth-order valence-corrected chi connectivity index (χ4v) is 2.63. The lowest BCUT2D eigenvalue weighted by Crippen LogP contribution is -2.38. The third-order valence-corrected chi connectivity index (χ3v) is 3.85. The quantitative estimate of drug-likeness (QED) is 0.927. The van der Waals surface area contributed by atoms with Crippen molar-refractivity contribution in [2.75, 3.05) is 31.2 Å². The Hall–Kier alpha value is -2.91. The minimum absolute atomic E-state index is 0.174. The highest BCUT2D eigenvalue weighted by Gasteiger charge is 2.19. The number of pyridine rings is 1. The first-order valence-electron chi connectivity index (χ1n) is 7.83. The van der Waals surface area contributed by atoms with Crippen LogP contribution in [-0.2, 0) is 11.3 Å². The van der Waals surface area contributed by atoms with Crippen molar-refractivity contribution >= 4 is 11.7 Å². The Bertz CT molecular complexity index is 764. The normalized spacial score (nSPS) is 14.0. The van der Waals surface area contributed by atoms with Gasteiger partial charge < -0.3 is 15.0 Å². The standard InChI is InChI=1S/C18H18N4O2/c19-12-14-3-1-4-15(11-14)13-21-18(23)16-5-2-6-20-17(16)22-7-9-24-10-8-22/h1-6,11H,7-10,13H2,(H,21,23). The summed E-state index contributed by atoms with van der Waals surface area (Å²) in [7, 11) is 0. The molecule has 1 fully saturated rings. The molecule has 0 saturated carbocycles. The molecule has 6 heteroatoms. The molecule has 1 aromatic heterocycles. The molecule has 122 valence electrons. The summed E-state index contributed by atoms with van der Waals surface area (Å²) >= 11 is 0. The van der Waals surface area contributed by atoms with Gasteiger partial charge in [0.05, 0.1) is 30.4 Å². The first kappa shape index (κ1) is 16.0. The average molecular weight is 322 g/mol. The zero-order valence-electron chi connectivity index (χ0n) is 13.2. The molecule has 0 radical (unpaired) electrons. The number of amides is 1. The summed E-state index contributed by atoms with van der Waals surface area (Å²) in [5.74, 6) is 0.510. The Kier molecular flexibility index (Phi) is 5.04. The van der Waals surface area contributed by atoms with Crippen molar-refractivity contribution < 1.29 is 9.53 Å². The molecule has 3 rings (SSSR count). The molecular formula is C18H18N4O2. The number of carbonyl (C=O) groups excluding carboxylic acids is 1. The van der Waals surface area contributed by atoms with Crippen LogP contribution in [0.4, 0.5) is 5.82 Å². The van der Waals surface area contributed by atoms with E-state index in [0.29, 0.717) is 36.7 Å². The third kappa shape index (κ3) is 3.70. The number of nitrogens with one attached hydrogen (secondary N) is 1. The first-order chi connectivity index (χ1) is 11.8. The molecule has 0 bridgehead atoms. The van der Waals surface area contributed by atoms with E-state index < -0.39 is 0 Å². The van der Waals surface area contributed by atoms with Crippen LogP contribution in [0, 0.1) is 11.3 Å². The number of morpholine rings is 1. The van der Waals surface area contributed by atoms with E-state index in [1.54, 1.807) is 30.5 Å². The minimum atomic E-state index is -0.174. The summed E-state index contributed by atoms with van der Waals surface area (Å²) in [5, 5.41) is 11.8. The number of hydrogen-bond donors (Lipinski definition) is 1. The number of ether oxygens (including phenoxy) is 1. The number of nitriles is 1. The zero-order chi connectivity index (χ0) is 16.8. The summed E-state index contributed by atoms with van der Waals surface area (Å²) in [6.07, 6.45) is 1.69. The topological polar surface area (TPSA) is 78.2 Å². The fraction of sp³-hybridized carbons (Fsp3) is 0.278. The van der Waals surface area contributed by atoms with Crippen molar-refractivity contribution in [3.05, 3.63) is 59.3 Å². The van der Waals surface area contributed by atoms with E-state index in [-0.39, 0.29) is 5.91 Å². The van der Waals surface area contributed by atoms with Gasteiger partial charge in [0, 0.05) is 25.8 Å². The van der Waals surface area contributed by atoms with Gasteiger partial charge >= 0.3 is 0 Å². The number of carbonyl (C=O) groups is 1. The van der Waals surface area contributed by atoms with E-state index >= 15 is 0 Å². The lowest BCUT2D eigenvalue weighted by molar-refractivity contribution is 0.0949. The Morgan fingerprint density at radius 1 is 1.29 bits per heavy atom. The van der Waals surface area contributed by atoms with Crippen LogP contribution in [0.25, 0.3) is 0 Å². The van der Waals surface area contributed by atoms with E-state index in [0.717, 1.165) is 18.7 Å². The lowest BCUT2D eigenvalue weighted by atomic mass is 10.1. The number of benzene rings is 1. The molecule has 1 aromatic carbocycles. The number of aromatic nitrogens is 1. The summed E-state index contributed by atoms with van der Waals surface area (Å²) in [6.45, 7) is 3.09. The van der Waals surface area contributed by atoms with Gasteiger partial charge in [-0.05, 0) is 29.8 Å². The smallest absolute Gasteiger partial charge is 0.255 e. The molecular weight excluding hydrogens is 304 g/mol. The van der Waals surface area contributed by atoms with E-state index in [2.05, 4.69) is 21.3 Å². The molecule has 1 N–H and O–H groups in total. The highest BCUT2D eigenvalue weighted by Crippen LogP contribution is 2.18. The maximum absolute atomic E-state index is 12.6. The molecule has 0 spiro atoms. The second-order valence-corrected chi connectivity index (χ2v) is 5.47. The molecule has 1 aliphatic heterocycles. The van der Waals surface area contributed by atoms with E-state index in [9.17, 15) is 4.79 Å². The van der Waals surface area contributed by atoms with Crippen molar-refractivity contribution in [3.8, 4) is 6.07 Å². The van der Waals surface area contributed by atoms with Crippen molar-refractivity contribution in [3.63, 3.8) is 0 Å². The predicted molar refractivity (Wildman–Crippen MR) is 89.6 cm³/mol. The summed E-state index contributed by atoms with van der Waals surface area (Å²) in [6, 6.07) is 12.8. The Balaban J connectivity index is 1.72. The largest absolute Gasteiger partial charge is 0.378 e. The van der Waals surface area contributed by atoms with Crippen LogP contribution in [0.1, 0.15) is 21.5 Å². The van der Waals surface area contributed by atoms with Crippen LogP contribution in [0.15, 0.2) is 42.6 Å². The number of anilines is 1. The Morgan fingerprint density at radius 3 is 2.92 bits per heavy atom. The average Bonchev–Trinajstić information content (AvgIpc) is 2.67. The van der Waals surface area contributed by atoms with Crippen molar-refractivity contribution in [2.45, 2.75) is 6.54 Å². The van der Waals surface area contributed by atoms with Crippen LogP contribution in [0.3, 0.4) is 0 Å². The molecule has 24 heavy (non-hydrogen) atoms. The van der Waals surface area contributed by atoms with Crippen LogP contribution < -0.4 is 10.2 Å². The highest BCUT2D eigenvalue weighted by atomic mass is 16.5.